The Morgan fingerprint density at radius 1 is 1.10 bits per heavy atom. The van der Waals surface area contributed by atoms with Crippen LogP contribution in [0, 0.1) is 11.3 Å². The van der Waals surface area contributed by atoms with Gasteiger partial charge in [0, 0.05) is 10.2 Å². The van der Waals surface area contributed by atoms with Crippen molar-refractivity contribution in [3.8, 4) is 11.8 Å². The highest BCUT2D eigenvalue weighted by atomic mass is 79.9. The van der Waals surface area contributed by atoms with E-state index in [0.717, 1.165) is 26.9 Å². The molecule has 0 aliphatic carbocycles. The maximum atomic E-state index is 12.5. The minimum Gasteiger partial charge on any atom is -0.489 e. The summed E-state index contributed by atoms with van der Waals surface area (Å²) in [6, 6.07) is 24.7. The Kier molecular flexibility index (Phi) is 7.80. The van der Waals surface area contributed by atoms with Gasteiger partial charge in [0.15, 0.2) is 0 Å². The van der Waals surface area contributed by atoms with E-state index in [1.807, 2.05) is 66.7 Å². The number of benzene rings is 3. The summed E-state index contributed by atoms with van der Waals surface area (Å²) in [6.45, 7) is 4.27. The Morgan fingerprint density at radius 2 is 1.90 bits per heavy atom. The van der Waals surface area contributed by atoms with Gasteiger partial charge in [0.1, 0.15) is 24.0 Å². The van der Waals surface area contributed by atoms with Crippen molar-refractivity contribution in [2.24, 2.45) is 0 Å². The number of rotatable bonds is 8. The molecule has 31 heavy (non-hydrogen) atoms. The van der Waals surface area contributed by atoms with E-state index in [0.29, 0.717) is 18.7 Å². The first-order valence-corrected chi connectivity index (χ1v) is 10.5. The fourth-order valence-electron chi connectivity index (χ4n) is 2.96. The lowest BCUT2D eigenvalue weighted by molar-refractivity contribution is -0.112. The van der Waals surface area contributed by atoms with Crippen molar-refractivity contribution in [3.05, 3.63) is 112 Å². The summed E-state index contributed by atoms with van der Waals surface area (Å²) in [5.41, 5.74) is 3.38. The third-order valence-corrected chi connectivity index (χ3v) is 4.94. The number of nitrogens with one attached hydrogen (secondary N) is 1. The van der Waals surface area contributed by atoms with Crippen LogP contribution in [0.15, 0.2) is 95.5 Å². The van der Waals surface area contributed by atoms with Crippen molar-refractivity contribution in [3.63, 3.8) is 0 Å². The first kappa shape index (κ1) is 22.1. The van der Waals surface area contributed by atoms with Gasteiger partial charge >= 0.3 is 0 Å². The summed E-state index contributed by atoms with van der Waals surface area (Å²) in [5, 5.41) is 12.2. The molecule has 0 aliphatic heterocycles. The number of nitrogens with zero attached hydrogens (tertiary/aromatic N) is 1. The molecule has 3 aromatic carbocycles. The van der Waals surface area contributed by atoms with Crippen LogP contribution in [0.2, 0.25) is 0 Å². The number of amides is 1. The van der Waals surface area contributed by atoms with Gasteiger partial charge < -0.3 is 10.1 Å². The number of nitriles is 1. The Morgan fingerprint density at radius 3 is 2.61 bits per heavy atom. The lowest BCUT2D eigenvalue weighted by Crippen LogP contribution is -2.13. The lowest BCUT2D eigenvalue weighted by atomic mass is 10.0. The summed E-state index contributed by atoms with van der Waals surface area (Å²) in [7, 11) is 0. The quantitative estimate of drug-likeness (QED) is 0.237. The Bertz CT molecular complexity index is 1150. The molecule has 0 radical (unpaired) electrons. The van der Waals surface area contributed by atoms with Crippen molar-refractivity contribution in [2.75, 3.05) is 5.32 Å². The van der Waals surface area contributed by atoms with Crippen molar-refractivity contribution in [1.29, 1.82) is 5.26 Å². The van der Waals surface area contributed by atoms with Crippen LogP contribution in [0.5, 0.6) is 5.75 Å². The summed E-state index contributed by atoms with van der Waals surface area (Å²) in [6.07, 6.45) is 3.97. The molecule has 3 rings (SSSR count). The van der Waals surface area contributed by atoms with Crippen LogP contribution in [-0.4, -0.2) is 5.91 Å². The minimum atomic E-state index is -0.463. The smallest absolute Gasteiger partial charge is 0.266 e. The van der Waals surface area contributed by atoms with Crippen LogP contribution in [0.3, 0.4) is 0 Å². The van der Waals surface area contributed by atoms with Gasteiger partial charge in [-0.15, -0.1) is 6.58 Å². The molecule has 0 unspecified atom stereocenters. The number of ether oxygens (including phenoxy) is 1. The molecule has 0 heterocycles. The highest BCUT2D eigenvalue weighted by molar-refractivity contribution is 9.10. The Balaban J connectivity index is 1.79. The SMILES string of the molecule is C=CCc1cc(/C=C(/C#N)C(=O)Nc2cccc(Br)c2)ccc1OCc1ccccc1. The lowest BCUT2D eigenvalue weighted by Gasteiger charge is -2.12. The van der Waals surface area contributed by atoms with Gasteiger partial charge in [0.2, 0.25) is 0 Å². The predicted octanol–water partition coefficient (Wildman–Crippen LogP) is 6.30. The average Bonchev–Trinajstić information content (AvgIpc) is 2.77. The summed E-state index contributed by atoms with van der Waals surface area (Å²) in [4.78, 5) is 12.5. The molecule has 0 saturated heterocycles. The molecule has 0 atom stereocenters. The molecular weight excluding hydrogens is 452 g/mol. The molecule has 0 saturated carbocycles. The first-order chi connectivity index (χ1) is 15.1. The van der Waals surface area contributed by atoms with Crippen LogP contribution in [0.25, 0.3) is 6.08 Å². The predicted molar refractivity (Wildman–Crippen MR) is 127 cm³/mol. The number of hydrogen-bond donors (Lipinski definition) is 1. The van der Waals surface area contributed by atoms with E-state index in [1.165, 1.54) is 0 Å². The van der Waals surface area contributed by atoms with E-state index in [9.17, 15) is 10.1 Å². The second-order valence-electron chi connectivity index (χ2n) is 6.77. The number of carbonyl (C=O) groups is 1. The van der Waals surface area contributed by atoms with Gasteiger partial charge in [-0.3, -0.25) is 4.79 Å². The van der Waals surface area contributed by atoms with E-state index >= 15 is 0 Å². The standard InChI is InChI=1S/C26H21BrN2O2/c1-2-7-21-14-20(12-13-25(21)31-18-19-8-4-3-5-9-19)15-22(17-28)26(30)29-24-11-6-10-23(27)16-24/h2-6,8-16H,1,7,18H2,(H,29,30)/b22-15-. The zero-order chi connectivity index (χ0) is 22.1. The molecule has 0 fully saturated rings. The third-order valence-electron chi connectivity index (χ3n) is 4.44. The van der Waals surface area contributed by atoms with Crippen LogP contribution >= 0.6 is 15.9 Å². The maximum Gasteiger partial charge on any atom is 0.266 e. The topological polar surface area (TPSA) is 62.1 Å². The van der Waals surface area contributed by atoms with Crippen LogP contribution in [0.4, 0.5) is 5.69 Å². The molecule has 4 nitrogen and oxygen atoms in total. The number of halogens is 1. The summed E-state index contributed by atoms with van der Waals surface area (Å²) < 4.78 is 6.82. The molecule has 0 aliphatic rings. The number of allylic oxidation sites excluding steroid dienone is 1. The molecular formula is C26H21BrN2O2. The van der Waals surface area contributed by atoms with Gasteiger partial charge in [0.25, 0.3) is 5.91 Å². The average molecular weight is 473 g/mol. The van der Waals surface area contributed by atoms with Crippen LogP contribution in [-0.2, 0) is 17.8 Å². The monoisotopic (exact) mass is 472 g/mol. The molecule has 154 valence electrons. The van der Waals surface area contributed by atoms with Crippen molar-refractivity contribution >= 4 is 33.6 Å². The van der Waals surface area contributed by atoms with E-state index in [2.05, 4.69) is 27.8 Å². The molecule has 1 amide bonds. The fraction of sp³-hybridized carbons (Fsp3) is 0.0769. The molecule has 3 aromatic rings. The Hall–Kier alpha value is -3.62. The zero-order valence-electron chi connectivity index (χ0n) is 16.8. The highest BCUT2D eigenvalue weighted by Gasteiger charge is 2.11. The molecule has 1 N–H and O–H groups in total. The molecule has 5 heteroatoms. The fourth-order valence-corrected chi connectivity index (χ4v) is 3.36. The van der Waals surface area contributed by atoms with Gasteiger partial charge in [-0.05, 0) is 59.5 Å². The molecule has 0 aromatic heterocycles. The van der Waals surface area contributed by atoms with Crippen LogP contribution < -0.4 is 10.1 Å². The van der Waals surface area contributed by atoms with Gasteiger partial charge in [0.05, 0.1) is 0 Å². The zero-order valence-corrected chi connectivity index (χ0v) is 18.4. The normalized spacial score (nSPS) is 10.8. The number of hydrogen-bond acceptors (Lipinski definition) is 3. The van der Waals surface area contributed by atoms with Crippen molar-refractivity contribution < 1.29 is 9.53 Å². The van der Waals surface area contributed by atoms with E-state index in [4.69, 9.17) is 4.74 Å². The van der Waals surface area contributed by atoms with E-state index in [1.54, 1.807) is 24.3 Å². The second-order valence-corrected chi connectivity index (χ2v) is 7.68. The summed E-state index contributed by atoms with van der Waals surface area (Å²) in [5.74, 6) is 0.285. The molecule has 0 bridgehead atoms. The molecule has 0 spiro atoms. The Labute approximate surface area is 190 Å². The van der Waals surface area contributed by atoms with Crippen molar-refractivity contribution in [2.45, 2.75) is 13.0 Å². The maximum absolute atomic E-state index is 12.5. The third kappa shape index (κ3) is 6.43. The van der Waals surface area contributed by atoms with E-state index < -0.39 is 5.91 Å². The number of anilines is 1. The number of carbonyl (C=O) groups excluding carboxylic acids is 1. The van der Waals surface area contributed by atoms with Crippen LogP contribution in [0.1, 0.15) is 16.7 Å². The second kappa shape index (κ2) is 11.0. The van der Waals surface area contributed by atoms with E-state index in [-0.39, 0.29) is 5.57 Å². The van der Waals surface area contributed by atoms with Gasteiger partial charge in [-0.25, -0.2) is 0 Å². The van der Waals surface area contributed by atoms with Gasteiger partial charge in [-0.1, -0.05) is 64.5 Å². The minimum absolute atomic E-state index is 0.0162. The summed E-state index contributed by atoms with van der Waals surface area (Å²) >= 11 is 3.37. The highest BCUT2D eigenvalue weighted by Crippen LogP contribution is 2.24. The van der Waals surface area contributed by atoms with Crippen molar-refractivity contribution in [1.82, 2.24) is 0 Å². The van der Waals surface area contributed by atoms with Gasteiger partial charge in [-0.2, -0.15) is 5.26 Å². The first-order valence-electron chi connectivity index (χ1n) is 9.68. The largest absolute Gasteiger partial charge is 0.489 e.